The molecule has 5 nitrogen and oxygen atoms in total. The molecule has 0 bridgehead atoms. The summed E-state index contributed by atoms with van der Waals surface area (Å²) < 4.78 is 6.47. The van der Waals surface area contributed by atoms with E-state index < -0.39 is 0 Å². The lowest BCUT2D eigenvalue weighted by atomic mass is 10.1. The topological polar surface area (TPSA) is 58.2 Å². The molecule has 1 aromatic heterocycles. The lowest BCUT2D eigenvalue weighted by molar-refractivity contribution is -0.0328. The van der Waals surface area contributed by atoms with Crippen LogP contribution in [0.15, 0.2) is 4.79 Å². The van der Waals surface area contributed by atoms with Crippen molar-refractivity contribution in [3.05, 3.63) is 25.4 Å². The summed E-state index contributed by atoms with van der Waals surface area (Å²) in [5.74, 6) is 1.15. The number of halogens is 1. The van der Waals surface area contributed by atoms with Gasteiger partial charge < -0.3 is 9.72 Å². The highest BCUT2D eigenvalue weighted by Gasteiger charge is 2.24. The minimum absolute atomic E-state index is 0.0523. The molecule has 1 fully saturated rings. The van der Waals surface area contributed by atoms with Crippen LogP contribution in [-0.2, 0) is 11.2 Å². The first-order valence-electron chi connectivity index (χ1n) is 7.13. The molecule has 0 aromatic carbocycles. The van der Waals surface area contributed by atoms with Gasteiger partial charge in [-0.2, -0.15) is 0 Å². The van der Waals surface area contributed by atoms with E-state index in [1.54, 1.807) is 0 Å². The van der Waals surface area contributed by atoms with Crippen LogP contribution in [-0.4, -0.2) is 41.1 Å². The number of hydrogen-bond donors (Lipinski definition) is 1. The molecule has 1 aliphatic heterocycles. The number of likely N-dealkylation sites (N-methyl/N-ethyl adjacent to an activating group) is 1. The van der Waals surface area contributed by atoms with Gasteiger partial charge in [-0.1, -0.05) is 20.8 Å². The van der Waals surface area contributed by atoms with E-state index in [9.17, 15) is 4.79 Å². The standard InChI is InChI=1S/C14H22IN3O2/c1-4-18-5-6-20-11(8-18)13-16-10(7-9(2)3)12(15)14(19)17-13/h9,11H,4-8H2,1-3H3,(H,16,17,19). The number of aromatic nitrogens is 2. The van der Waals surface area contributed by atoms with Gasteiger partial charge in [0.15, 0.2) is 0 Å². The Hall–Kier alpha value is -0.470. The first-order valence-corrected chi connectivity index (χ1v) is 8.21. The highest BCUT2D eigenvalue weighted by molar-refractivity contribution is 14.1. The van der Waals surface area contributed by atoms with Crippen molar-refractivity contribution < 1.29 is 4.74 Å². The van der Waals surface area contributed by atoms with Gasteiger partial charge in [-0.25, -0.2) is 4.98 Å². The Morgan fingerprint density at radius 1 is 1.55 bits per heavy atom. The molecule has 1 unspecified atom stereocenters. The van der Waals surface area contributed by atoms with E-state index in [0.717, 1.165) is 31.7 Å². The van der Waals surface area contributed by atoms with Gasteiger partial charge in [0, 0.05) is 13.1 Å². The number of hydrogen-bond acceptors (Lipinski definition) is 4. The van der Waals surface area contributed by atoms with Gasteiger partial charge in [0.25, 0.3) is 5.56 Å². The summed E-state index contributed by atoms with van der Waals surface area (Å²) in [7, 11) is 0. The van der Waals surface area contributed by atoms with Crippen LogP contribution < -0.4 is 5.56 Å². The summed E-state index contributed by atoms with van der Waals surface area (Å²) in [4.78, 5) is 21.9. The zero-order valence-corrected chi connectivity index (χ0v) is 14.4. The quantitative estimate of drug-likeness (QED) is 0.798. The molecule has 2 rings (SSSR count). The van der Waals surface area contributed by atoms with Crippen LogP contribution in [0, 0.1) is 9.49 Å². The summed E-state index contributed by atoms with van der Waals surface area (Å²) in [6, 6.07) is 0. The summed E-state index contributed by atoms with van der Waals surface area (Å²) in [6.07, 6.45) is 0.693. The van der Waals surface area contributed by atoms with E-state index in [2.05, 4.69) is 58.2 Å². The zero-order valence-electron chi connectivity index (χ0n) is 12.3. The normalized spacial score (nSPS) is 20.6. The van der Waals surface area contributed by atoms with Crippen LogP contribution >= 0.6 is 22.6 Å². The number of aromatic amines is 1. The van der Waals surface area contributed by atoms with E-state index in [1.807, 2.05) is 0 Å². The highest BCUT2D eigenvalue weighted by Crippen LogP contribution is 2.20. The SMILES string of the molecule is CCN1CCOC(c2nc(CC(C)C)c(I)c(=O)[nH]2)C1. The van der Waals surface area contributed by atoms with E-state index in [0.29, 0.717) is 21.9 Å². The first-order chi connectivity index (χ1) is 9.51. The Bertz CT molecular complexity index is 516. The Morgan fingerprint density at radius 3 is 2.95 bits per heavy atom. The van der Waals surface area contributed by atoms with Crippen molar-refractivity contribution in [3.63, 3.8) is 0 Å². The molecule has 1 N–H and O–H groups in total. The van der Waals surface area contributed by atoms with Gasteiger partial charge in [-0.15, -0.1) is 0 Å². The third-order valence-electron chi connectivity index (χ3n) is 3.45. The maximum absolute atomic E-state index is 12.1. The zero-order chi connectivity index (χ0) is 14.7. The second kappa shape index (κ2) is 7.00. The average Bonchev–Trinajstić information content (AvgIpc) is 2.43. The second-order valence-electron chi connectivity index (χ2n) is 5.56. The molecule has 0 radical (unpaired) electrons. The molecule has 1 aliphatic rings. The predicted octanol–water partition coefficient (Wildman–Crippen LogP) is 1.97. The summed E-state index contributed by atoms with van der Waals surface area (Å²) in [5.41, 5.74) is 0.833. The third-order valence-corrected chi connectivity index (χ3v) is 4.57. The van der Waals surface area contributed by atoms with Crippen LogP contribution in [0.4, 0.5) is 0 Å². The van der Waals surface area contributed by atoms with Crippen molar-refractivity contribution in [2.75, 3.05) is 26.2 Å². The van der Waals surface area contributed by atoms with E-state index in [4.69, 9.17) is 4.74 Å². The molecular weight excluding hydrogens is 369 g/mol. The van der Waals surface area contributed by atoms with Gasteiger partial charge in [0.1, 0.15) is 11.9 Å². The molecule has 0 saturated carbocycles. The number of nitrogens with one attached hydrogen (secondary N) is 1. The highest BCUT2D eigenvalue weighted by atomic mass is 127. The molecule has 1 saturated heterocycles. The van der Waals surface area contributed by atoms with Crippen molar-refractivity contribution in [2.24, 2.45) is 5.92 Å². The smallest absolute Gasteiger partial charge is 0.264 e. The molecule has 112 valence electrons. The van der Waals surface area contributed by atoms with E-state index in [-0.39, 0.29) is 11.7 Å². The molecule has 6 heteroatoms. The summed E-state index contributed by atoms with van der Waals surface area (Å²) in [5, 5.41) is 0. The number of ether oxygens (including phenoxy) is 1. The molecule has 2 heterocycles. The minimum atomic E-state index is -0.126. The molecule has 0 spiro atoms. The monoisotopic (exact) mass is 391 g/mol. The van der Waals surface area contributed by atoms with Gasteiger partial charge in [0.05, 0.1) is 15.9 Å². The maximum Gasteiger partial charge on any atom is 0.264 e. The number of nitrogens with zero attached hydrogens (tertiary/aromatic N) is 2. The van der Waals surface area contributed by atoms with E-state index in [1.165, 1.54) is 0 Å². The summed E-state index contributed by atoms with van der Waals surface area (Å²) in [6.45, 7) is 9.82. The van der Waals surface area contributed by atoms with Crippen LogP contribution in [0.2, 0.25) is 0 Å². The minimum Gasteiger partial charge on any atom is -0.368 e. The van der Waals surface area contributed by atoms with Crippen molar-refractivity contribution >= 4 is 22.6 Å². The van der Waals surface area contributed by atoms with Gasteiger partial charge in [-0.3, -0.25) is 9.69 Å². The molecule has 0 aliphatic carbocycles. The summed E-state index contributed by atoms with van der Waals surface area (Å²) >= 11 is 2.08. The first kappa shape index (κ1) is 15.9. The number of H-pyrrole nitrogens is 1. The largest absolute Gasteiger partial charge is 0.368 e. The van der Waals surface area contributed by atoms with Gasteiger partial charge >= 0.3 is 0 Å². The van der Waals surface area contributed by atoms with E-state index >= 15 is 0 Å². The Morgan fingerprint density at radius 2 is 2.30 bits per heavy atom. The van der Waals surface area contributed by atoms with Crippen molar-refractivity contribution in [1.82, 2.24) is 14.9 Å². The molecule has 1 atom stereocenters. The van der Waals surface area contributed by atoms with Crippen LogP contribution in [0.3, 0.4) is 0 Å². The van der Waals surface area contributed by atoms with Gasteiger partial charge in [0.2, 0.25) is 0 Å². The van der Waals surface area contributed by atoms with Crippen molar-refractivity contribution in [3.8, 4) is 0 Å². The van der Waals surface area contributed by atoms with Crippen LogP contribution in [0.5, 0.6) is 0 Å². The maximum atomic E-state index is 12.1. The Kier molecular flexibility index (Phi) is 5.57. The molecule has 20 heavy (non-hydrogen) atoms. The van der Waals surface area contributed by atoms with Crippen molar-refractivity contribution in [2.45, 2.75) is 33.3 Å². The third kappa shape index (κ3) is 3.79. The predicted molar refractivity (Wildman–Crippen MR) is 86.9 cm³/mol. The fourth-order valence-electron chi connectivity index (χ4n) is 2.35. The Balaban J connectivity index is 2.27. The lowest BCUT2D eigenvalue weighted by Crippen LogP contribution is -2.39. The Labute approximate surface area is 133 Å². The van der Waals surface area contributed by atoms with Crippen LogP contribution in [0.25, 0.3) is 0 Å². The fraction of sp³-hybridized carbons (Fsp3) is 0.714. The fourth-order valence-corrected chi connectivity index (χ4v) is 2.83. The number of morpholine rings is 1. The number of rotatable bonds is 4. The molecular formula is C14H22IN3O2. The van der Waals surface area contributed by atoms with Crippen molar-refractivity contribution in [1.29, 1.82) is 0 Å². The lowest BCUT2D eigenvalue weighted by Gasteiger charge is -2.31. The molecule has 0 amide bonds. The van der Waals surface area contributed by atoms with Crippen LogP contribution in [0.1, 0.15) is 38.4 Å². The molecule has 1 aromatic rings. The van der Waals surface area contributed by atoms with Gasteiger partial charge in [-0.05, 0) is 41.5 Å². The second-order valence-corrected chi connectivity index (χ2v) is 6.64. The average molecular weight is 391 g/mol.